The first-order chi connectivity index (χ1) is 4.56. The fourth-order valence-corrected chi connectivity index (χ4v) is 0.551. The summed E-state index contributed by atoms with van der Waals surface area (Å²) in [6.45, 7) is 10.3. The highest BCUT2D eigenvalue weighted by atomic mass is 16.5. The molecule has 2 nitrogen and oxygen atoms in total. The molecule has 0 fully saturated rings. The van der Waals surface area contributed by atoms with Crippen LogP contribution in [0.2, 0.25) is 0 Å². The van der Waals surface area contributed by atoms with E-state index in [0.29, 0.717) is 13.2 Å². The lowest BCUT2D eigenvalue weighted by Crippen LogP contribution is -2.21. The Balaban J connectivity index is -0.000000405. The number of rotatable bonds is 4. The van der Waals surface area contributed by atoms with Crippen LogP contribution in [-0.4, -0.2) is 25.4 Å². The maximum absolute atomic E-state index is 5.41. The third-order valence-corrected chi connectivity index (χ3v) is 0.967. The maximum atomic E-state index is 5.41. The Morgan fingerprint density at radius 3 is 1.83 bits per heavy atom. The first kappa shape index (κ1) is 17.9. The second-order valence-electron chi connectivity index (χ2n) is 3.16. The summed E-state index contributed by atoms with van der Waals surface area (Å²) in [5, 5.41) is 0. The molecule has 0 aliphatic rings. The van der Waals surface area contributed by atoms with Gasteiger partial charge in [0.25, 0.3) is 0 Å². The molecule has 0 aliphatic carbocycles. The third kappa shape index (κ3) is 16.5. The van der Waals surface area contributed by atoms with Crippen LogP contribution in [0.15, 0.2) is 0 Å². The summed E-state index contributed by atoms with van der Waals surface area (Å²) < 4.78 is 10.5. The van der Waals surface area contributed by atoms with Crippen LogP contribution in [0.3, 0.4) is 0 Å². The van der Waals surface area contributed by atoms with Crippen LogP contribution in [0.1, 0.15) is 42.5 Å². The summed E-state index contributed by atoms with van der Waals surface area (Å²) in [4.78, 5) is 0. The minimum absolute atomic E-state index is 0. The Morgan fingerprint density at radius 1 is 1.00 bits per heavy atom. The summed E-state index contributed by atoms with van der Waals surface area (Å²) in [5.41, 5.74) is -0.0307. The van der Waals surface area contributed by atoms with E-state index < -0.39 is 0 Å². The second kappa shape index (κ2) is 9.01. The van der Waals surface area contributed by atoms with Crippen molar-refractivity contribution in [3.63, 3.8) is 0 Å². The number of ether oxygens (including phenoxy) is 2. The summed E-state index contributed by atoms with van der Waals surface area (Å²) in [7, 11) is 0. The molecule has 0 aromatic rings. The summed E-state index contributed by atoms with van der Waals surface area (Å²) >= 11 is 0. The molecule has 2 heteroatoms. The van der Waals surface area contributed by atoms with Gasteiger partial charge in [0.05, 0.1) is 18.8 Å². The topological polar surface area (TPSA) is 18.5 Å². The van der Waals surface area contributed by atoms with Crippen molar-refractivity contribution in [1.82, 2.24) is 0 Å². The van der Waals surface area contributed by atoms with Gasteiger partial charge in [0.1, 0.15) is 0 Å². The summed E-state index contributed by atoms with van der Waals surface area (Å²) in [5.74, 6) is 0. The van der Waals surface area contributed by atoms with Crippen LogP contribution < -0.4 is 0 Å². The molecule has 0 heterocycles. The quantitative estimate of drug-likeness (QED) is 0.616. The van der Waals surface area contributed by atoms with Crippen LogP contribution in [-0.2, 0) is 9.47 Å². The molecule has 0 rings (SSSR count). The van der Waals surface area contributed by atoms with Gasteiger partial charge < -0.3 is 9.47 Å². The number of hydrogen-bond donors (Lipinski definition) is 0. The third-order valence-electron chi connectivity index (χ3n) is 0.967. The zero-order chi connectivity index (χ0) is 8.04. The van der Waals surface area contributed by atoms with E-state index in [0.717, 1.165) is 6.61 Å². The molecule has 0 aliphatic heterocycles. The van der Waals surface area contributed by atoms with Crippen molar-refractivity contribution in [2.75, 3.05) is 19.8 Å². The SMILES string of the molecule is C.C.CCOCCOC(C)(C)C. The van der Waals surface area contributed by atoms with Crippen molar-refractivity contribution in [3.05, 3.63) is 0 Å². The van der Waals surface area contributed by atoms with Crippen molar-refractivity contribution >= 4 is 0 Å². The molecule has 0 amide bonds. The van der Waals surface area contributed by atoms with Gasteiger partial charge in [-0.25, -0.2) is 0 Å². The molecule has 0 aromatic carbocycles. The van der Waals surface area contributed by atoms with Gasteiger partial charge in [0.2, 0.25) is 0 Å². The molecule has 0 saturated carbocycles. The second-order valence-corrected chi connectivity index (χ2v) is 3.16. The highest BCUT2D eigenvalue weighted by Crippen LogP contribution is 2.05. The largest absolute Gasteiger partial charge is 0.379 e. The first-order valence-corrected chi connectivity index (χ1v) is 3.78. The van der Waals surface area contributed by atoms with E-state index in [-0.39, 0.29) is 20.5 Å². The van der Waals surface area contributed by atoms with E-state index in [1.54, 1.807) is 0 Å². The van der Waals surface area contributed by atoms with Gasteiger partial charge in [0, 0.05) is 6.61 Å². The van der Waals surface area contributed by atoms with E-state index in [9.17, 15) is 0 Å². The molecule has 0 spiro atoms. The van der Waals surface area contributed by atoms with Crippen molar-refractivity contribution in [2.45, 2.75) is 48.1 Å². The average molecular weight is 178 g/mol. The van der Waals surface area contributed by atoms with Crippen molar-refractivity contribution in [1.29, 1.82) is 0 Å². The van der Waals surface area contributed by atoms with E-state index in [1.807, 2.05) is 27.7 Å². The van der Waals surface area contributed by atoms with Crippen LogP contribution in [0.5, 0.6) is 0 Å². The Kier molecular flexibility index (Phi) is 13.4. The van der Waals surface area contributed by atoms with E-state index >= 15 is 0 Å². The monoisotopic (exact) mass is 178 g/mol. The zero-order valence-electron chi connectivity index (χ0n) is 7.44. The summed E-state index contributed by atoms with van der Waals surface area (Å²) in [6.07, 6.45) is 0. The van der Waals surface area contributed by atoms with Gasteiger partial charge in [-0.2, -0.15) is 0 Å². The molecular formula is C10H26O2. The fourth-order valence-electron chi connectivity index (χ4n) is 0.551. The molecular weight excluding hydrogens is 152 g/mol. The van der Waals surface area contributed by atoms with Crippen molar-refractivity contribution < 1.29 is 9.47 Å². The molecule has 0 atom stereocenters. The van der Waals surface area contributed by atoms with Gasteiger partial charge in [-0.05, 0) is 27.7 Å². The van der Waals surface area contributed by atoms with Gasteiger partial charge >= 0.3 is 0 Å². The fraction of sp³-hybridized carbons (Fsp3) is 1.00. The standard InChI is InChI=1S/C8H18O2.2CH4/c1-5-9-6-7-10-8(2,3)4;;/h5-7H2,1-4H3;2*1H4. The predicted molar refractivity (Wildman–Crippen MR) is 55.7 cm³/mol. The first-order valence-electron chi connectivity index (χ1n) is 3.78. The minimum atomic E-state index is -0.0307. The molecule has 0 bridgehead atoms. The molecule has 0 saturated heterocycles. The Bertz CT molecular complexity index is 74.4. The zero-order valence-corrected chi connectivity index (χ0v) is 7.44. The molecule has 0 radical (unpaired) electrons. The predicted octanol–water partition coefficient (Wildman–Crippen LogP) is 3.11. The molecule has 12 heavy (non-hydrogen) atoms. The smallest absolute Gasteiger partial charge is 0.0707 e. The van der Waals surface area contributed by atoms with Gasteiger partial charge in [-0.15, -0.1) is 0 Å². The summed E-state index contributed by atoms with van der Waals surface area (Å²) in [6, 6.07) is 0. The Hall–Kier alpha value is -0.0800. The lowest BCUT2D eigenvalue weighted by Gasteiger charge is -2.19. The van der Waals surface area contributed by atoms with E-state index in [2.05, 4.69) is 0 Å². The van der Waals surface area contributed by atoms with Crippen LogP contribution in [0, 0.1) is 0 Å². The normalized spacial score (nSPS) is 10.0. The lowest BCUT2D eigenvalue weighted by atomic mass is 10.2. The molecule has 0 N–H and O–H groups in total. The van der Waals surface area contributed by atoms with Gasteiger partial charge in [-0.1, -0.05) is 14.9 Å². The van der Waals surface area contributed by atoms with Gasteiger partial charge in [0.15, 0.2) is 0 Å². The number of hydrogen-bond acceptors (Lipinski definition) is 2. The highest BCUT2D eigenvalue weighted by Gasteiger charge is 2.08. The van der Waals surface area contributed by atoms with E-state index in [4.69, 9.17) is 9.47 Å². The van der Waals surface area contributed by atoms with Crippen molar-refractivity contribution in [2.24, 2.45) is 0 Å². The Labute approximate surface area is 78.3 Å². The molecule has 78 valence electrons. The lowest BCUT2D eigenvalue weighted by molar-refractivity contribution is -0.0331. The highest BCUT2D eigenvalue weighted by molar-refractivity contribution is 4.57. The molecule has 0 aromatic heterocycles. The Morgan fingerprint density at radius 2 is 1.50 bits per heavy atom. The van der Waals surface area contributed by atoms with Crippen LogP contribution in [0.25, 0.3) is 0 Å². The average Bonchev–Trinajstić information content (AvgIpc) is 1.78. The van der Waals surface area contributed by atoms with E-state index in [1.165, 1.54) is 0 Å². The molecule has 0 unspecified atom stereocenters. The van der Waals surface area contributed by atoms with Crippen LogP contribution in [0.4, 0.5) is 0 Å². The van der Waals surface area contributed by atoms with Crippen molar-refractivity contribution in [3.8, 4) is 0 Å². The minimum Gasteiger partial charge on any atom is -0.379 e. The van der Waals surface area contributed by atoms with Crippen LogP contribution >= 0.6 is 0 Å². The van der Waals surface area contributed by atoms with Gasteiger partial charge in [-0.3, -0.25) is 0 Å². The maximum Gasteiger partial charge on any atom is 0.0707 e.